The number of fused-ring (bicyclic) bond motifs is 1. The van der Waals surface area contributed by atoms with E-state index in [1.807, 2.05) is 49.4 Å². The molecule has 0 amide bonds. The van der Waals surface area contributed by atoms with Crippen molar-refractivity contribution in [1.82, 2.24) is 9.55 Å². The molecule has 25 heavy (non-hydrogen) atoms. The number of rotatable bonds is 7. The second kappa shape index (κ2) is 7.85. The molecule has 1 aromatic heterocycles. The van der Waals surface area contributed by atoms with Gasteiger partial charge >= 0.3 is 0 Å². The van der Waals surface area contributed by atoms with Crippen molar-refractivity contribution in [2.24, 2.45) is 0 Å². The molecule has 0 aliphatic carbocycles. The largest absolute Gasteiger partial charge is 0.383 e. The molecule has 0 fully saturated rings. The fourth-order valence-electron chi connectivity index (χ4n) is 2.69. The van der Waals surface area contributed by atoms with E-state index in [0.717, 1.165) is 33.9 Å². The molecule has 3 aromatic rings. The summed E-state index contributed by atoms with van der Waals surface area (Å²) in [6.07, 6.45) is 0. The van der Waals surface area contributed by atoms with Gasteiger partial charge in [0.25, 0.3) is 0 Å². The van der Waals surface area contributed by atoms with Crippen LogP contribution in [0.2, 0.25) is 0 Å². The van der Waals surface area contributed by atoms with Crippen LogP contribution in [0.15, 0.2) is 47.6 Å². The number of Topliss-reactive ketones (excluding diaryl/α,β-unsaturated/α-hetero) is 1. The second-order valence-corrected chi connectivity index (χ2v) is 6.98. The van der Waals surface area contributed by atoms with Crippen molar-refractivity contribution < 1.29 is 9.53 Å². The van der Waals surface area contributed by atoms with E-state index in [2.05, 4.69) is 16.5 Å². The summed E-state index contributed by atoms with van der Waals surface area (Å²) in [5, 5.41) is 0.857. The number of thioether (sulfide) groups is 1. The Morgan fingerprint density at radius 1 is 1.16 bits per heavy atom. The molecule has 3 rings (SSSR count). The van der Waals surface area contributed by atoms with Gasteiger partial charge in [-0.15, -0.1) is 0 Å². The fraction of sp³-hybridized carbons (Fsp3) is 0.300. The highest BCUT2D eigenvalue weighted by Crippen LogP contribution is 2.25. The number of para-hydroxylation sites is 2. The molecular formula is C20H22N2O2S. The molecule has 2 aromatic carbocycles. The van der Waals surface area contributed by atoms with Crippen molar-refractivity contribution in [1.29, 1.82) is 0 Å². The van der Waals surface area contributed by atoms with Gasteiger partial charge in [0, 0.05) is 19.2 Å². The van der Waals surface area contributed by atoms with Gasteiger partial charge in [-0.3, -0.25) is 4.79 Å². The van der Waals surface area contributed by atoms with E-state index in [4.69, 9.17) is 4.74 Å². The van der Waals surface area contributed by atoms with Gasteiger partial charge in [0.05, 0.1) is 23.4 Å². The Hall–Kier alpha value is -2.11. The van der Waals surface area contributed by atoms with Gasteiger partial charge in [0.1, 0.15) is 0 Å². The summed E-state index contributed by atoms with van der Waals surface area (Å²) in [5.41, 5.74) is 5.12. The van der Waals surface area contributed by atoms with Crippen LogP contribution in [0.5, 0.6) is 0 Å². The molecule has 0 saturated carbocycles. The molecule has 1 heterocycles. The minimum Gasteiger partial charge on any atom is -0.383 e. The van der Waals surface area contributed by atoms with Crippen LogP contribution in [0.25, 0.3) is 11.0 Å². The first-order valence-corrected chi connectivity index (χ1v) is 9.26. The average Bonchev–Trinajstić information content (AvgIpc) is 2.97. The maximum absolute atomic E-state index is 12.5. The molecule has 5 heteroatoms. The number of benzene rings is 2. The predicted molar refractivity (Wildman–Crippen MR) is 103 cm³/mol. The topological polar surface area (TPSA) is 44.1 Å². The summed E-state index contributed by atoms with van der Waals surface area (Å²) in [6.45, 7) is 5.41. The van der Waals surface area contributed by atoms with Crippen LogP contribution >= 0.6 is 11.8 Å². The Balaban J connectivity index is 1.80. The van der Waals surface area contributed by atoms with E-state index >= 15 is 0 Å². The second-order valence-electron chi connectivity index (χ2n) is 6.04. The van der Waals surface area contributed by atoms with Crippen LogP contribution in [0, 0.1) is 13.8 Å². The number of carbonyl (C=O) groups is 1. The minimum atomic E-state index is 0.124. The Bertz CT molecular complexity index is 902. The smallest absolute Gasteiger partial charge is 0.173 e. The zero-order valence-corrected chi connectivity index (χ0v) is 15.6. The zero-order valence-electron chi connectivity index (χ0n) is 14.8. The van der Waals surface area contributed by atoms with E-state index in [1.165, 1.54) is 17.3 Å². The van der Waals surface area contributed by atoms with Gasteiger partial charge in [-0.1, -0.05) is 36.0 Å². The molecule has 0 aliphatic heterocycles. The third-order valence-electron chi connectivity index (χ3n) is 4.30. The highest BCUT2D eigenvalue weighted by atomic mass is 32.2. The lowest BCUT2D eigenvalue weighted by Crippen LogP contribution is -2.08. The number of hydrogen-bond donors (Lipinski definition) is 0. The van der Waals surface area contributed by atoms with Crippen molar-refractivity contribution >= 4 is 28.6 Å². The standard InChI is InChI=1S/C20H22N2O2S/c1-14-8-9-16(12-15(14)2)19(23)13-25-20-21-17-6-4-5-7-18(17)22(20)10-11-24-3/h4-9,12H,10-11,13H2,1-3H3. The number of hydrogen-bond acceptors (Lipinski definition) is 4. The number of imidazole rings is 1. The molecule has 0 saturated heterocycles. The summed E-state index contributed by atoms with van der Waals surface area (Å²) < 4.78 is 7.34. The minimum absolute atomic E-state index is 0.124. The summed E-state index contributed by atoms with van der Waals surface area (Å²) in [6, 6.07) is 13.9. The summed E-state index contributed by atoms with van der Waals surface area (Å²) in [5.74, 6) is 0.497. The Kier molecular flexibility index (Phi) is 5.56. The predicted octanol–water partition coefficient (Wildman–Crippen LogP) is 4.27. The lowest BCUT2D eigenvalue weighted by molar-refractivity contribution is 0.102. The zero-order chi connectivity index (χ0) is 17.8. The normalized spacial score (nSPS) is 11.2. The number of carbonyl (C=O) groups excluding carboxylic acids is 1. The molecule has 0 bridgehead atoms. The number of ketones is 1. The Labute approximate surface area is 152 Å². The van der Waals surface area contributed by atoms with E-state index in [9.17, 15) is 4.79 Å². The maximum Gasteiger partial charge on any atom is 0.173 e. The van der Waals surface area contributed by atoms with Crippen molar-refractivity contribution in [2.45, 2.75) is 25.5 Å². The lowest BCUT2D eigenvalue weighted by Gasteiger charge is -2.08. The molecule has 0 aliphatic rings. The molecule has 4 nitrogen and oxygen atoms in total. The Morgan fingerprint density at radius 3 is 2.72 bits per heavy atom. The highest BCUT2D eigenvalue weighted by Gasteiger charge is 2.14. The molecular weight excluding hydrogens is 332 g/mol. The average molecular weight is 354 g/mol. The van der Waals surface area contributed by atoms with Crippen LogP contribution in [0.4, 0.5) is 0 Å². The van der Waals surface area contributed by atoms with Crippen LogP contribution < -0.4 is 0 Å². The van der Waals surface area contributed by atoms with Crippen molar-refractivity contribution in [2.75, 3.05) is 19.5 Å². The number of methoxy groups -OCH3 is 1. The van der Waals surface area contributed by atoms with Crippen LogP contribution in [0.1, 0.15) is 21.5 Å². The SMILES string of the molecule is COCCn1c(SCC(=O)c2ccc(C)c(C)c2)nc2ccccc21. The van der Waals surface area contributed by atoms with Gasteiger partial charge in [-0.05, 0) is 43.2 Å². The fourth-order valence-corrected chi connectivity index (χ4v) is 3.63. The van der Waals surface area contributed by atoms with E-state index in [0.29, 0.717) is 12.4 Å². The number of aromatic nitrogens is 2. The van der Waals surface area contributed by atoms with Crippen LogP contribution in [0.3, 0.4) is 0 Å². The number of aryl methyl sites for hydroxylation is 2. The summed E-state index contributed by atoms with van der Waals surface area (Å²) >= 11 is 1.48. The molecule has 0 N–H and O–H groups in total. The van der Waals surface area contributed by atoms with E-state index in [1.54, 1.807) is 7.11 Å². The van der Waals surface area contributed by atoms with Crippen molar-refractivity contribution in [3.05, 3.63) is 59.2 Å². The molecule has 0 spiro atoms. The first kappa shape index (κ1) is 17.7. The quantitative estimate of drug-likeness (QED) is 0.469. The summed E-state index contributed by atoms with van der Waals surface area (Å²) in [7, 11) is 1.69. The number of nitrogens with zero attached hydrogens (tertiary/aromatic N) is 2. The van der Waals surface area contributed by atoms with Crippen LogP contribution in [-0.2, 0) is 11.3 Å². The molecule has 0 atom stereocenters. The van der Waals surface area contributed by atoms with E-state index < -0.39 is 0 Å². The first-order chi connectivity index (χ1) is 12.1. The Morgan fingerprint density at radius 2 is 1.96 bits per heavy atom. The third kappa shape index (κ3) is 3.94. The molecule has 130 valence electrons. The number of ether oxygens (including phenoxy) is 1. The lowest BCUT2D eigenvalue weighted by atomic mass is 10.0. The van der Waals surface area contributed by atoms with Gasteiger partial charge in [0.2, 0.25) is 0 Å². The van der Waals surface area contributed by atoms with Gasteiger partial charge in [0.15, 0.2) is 10.9 Å². The molecule has 0 radical (unpaired) electrons. The van der Waals surface area contributed by atoms with Gasteiger partial charge in [-0.2, -0.15) is 0 Å². The first-order valence-electron chi connectivity index (χ1n) is 8.27. The maximum atomic E-state index is 12.5. The summed E-state index contributed by atoms with van der Waals surface area (Å²) in [4.78, 5) is 17.2. The van der Waals surface area contributed by atoms with Crippen molar-refractivity contribution in [3.8, 4) is 0 Å². The van der Waals surface area contributed by atoms with E-state index in [-0.39, 0.29) is 5.78 Å². The van der Waals surface area contributed by atoms with Gasteiger partial charge in [-0.25, -0.2) is 4.98 Å². The third-order valence-corrected chi connectivity index (χ3v) is 5.28. The highest BCUT2D eigenvalue weighted by molar-refractivity contribution is 7.99. The molecule has 0 unspecified atom stereocenters. The van der Waals surface area contributed by atoms with Crippen molar-refractivity contribution in [3.63, 3.8) is 0 Å². The van der Waals surface area contributed by atoms with Gasteiger partial charge < -0.3 is 9.30 Å². The van der Waals surface area contributed by atoms with Crippen LogP contribution in [-0.4, -0.2) is 34.8 Å². The monoisotopic (exact) mass is 354 g/mol.